The molecule has 1 aromatic heterocycles. The summed E-state index contributed by atoms with van der Waals surface area (Å²) in [5.41, 5.74) is 8.01. The molecule has 2 atom stereocenters. The van der Waals surface area contributed by atoms with Gasteiger partial charge >= 0.3 is 0 Å². The summed E-state index contributed by atoms with van der Waals surface area (Å²) in [6.07, 6.45) is 0.752. The van der Waals surface area contributed by atoms with Gasteiger partial charge in [-0.1, -0.05) is 31.2 Å². The summed E-state index contributed by atoms with van der Waals surface area (Å²) in [5, 5.41) is 14.7. The van der Waals surface area contributed by atoms with E-state index in [9.17, 15) is 19.4 Å². The molecule has 5 N–H and O–H groups in total. The van der Waals surface area contributed by atoms with Crippen LogP contribution in [0.3, 0.4) is 0 Å². The molecule has 0 aliphatic carbocycles. The van der Waals surface area contributed by atoms with Gasteiger partial charge in [0, 0.05) is 22.3 Å². The maximum Gasteiger partial charge on any atom is 0.255 e. The molecule has 3 rings (SSSR count). The quantitative estimate of drug-likeness (QED) is 0.232. The summed E-state index contributed by atoms with van der Waals surface area (Å²) in [7, 11) is -3.41. The highest BCUT2D eigenvalue weighted by Gasteiger charge is 2.29. The number of nitrogens with two attached hydrogens (primary N) is 1. The van der Waals surface area contributed by atoms with E-state index in [0.717, 1.165) is 16.0 Å². The van der Waals surface area contributed by atoms with E-state index in [4.69, 9.17) is 5.73 Å². The first-order chi connectivity index (χ1) is 15.4. The van der Waals surface area contributed by atoms with E-state index in [0.29, 0.717) is 23.4 Å². The van der Waals surface area contributed by atoms with Crippen LogP contribution in [0.2, 0.25) is 0 Å². The van der Waals surface area contributed by atoms with Crippen molar-refractivity contribution in [3.63, 3.8) is 0 Å². The molecule has 6 nitrogen and oxygen atoms in total. The maximum absolute atomic E-state index is 12.8. The van der Waals surface area contributed by atoms with Crippen molar-refractivity contribution in [3.05, 3.63) is 71.1 Å². The Kier molecular flexibility index (Phi) is 7.80. The first-order valence-corrected chi connectivity index (χ1v) is 13.6. The van der Waals surface area contributed by atoms with Gasteiger partial charge in [-0.3, -0.25) is 9.36 Å². The van der Waals surface area contributed by atoms with Crippen molar-refractivity contribution in [1.82, 2.24) is 0 Å². The van der Waals surface area contributed by atoms with Crippen LogP contribution in [-0.2, 0) is 11.0 Å². The van der Waals surface area contributed by atoms with Crippen molar-refractivity contribution in [2.45, 2.75) is 44.9 Å². The standard InChI is InChI=1S/C25H31N2O4PS/c1-17(32(30,31)13-12-25(2,3)29)15-18-6-8-19(9-7-18)24(28)27-22-16-20(10-11-21(22)26)23-5-4-14-33-23/h4-11,14,16-17,29H,12-13,15,26H2,1-3H3,(H,27,28)(H,30,31). The first-order valence-electron chi connectivity index (χ1n) is 10.8. The largest absolute Gasteiger partial charge is 0.397 e. The molecule has 176 valence electrons. The molecule has 1 amide bonds. The van der Waals surface area contributed by atoms with Gasteiger partial charge in [-0.25, -0.2) is 0 Å². The van der Waals surface area contributed by atoms with Gasteiger partial charge in [0.2, 0.25) is 7.37 Å². The number of carbonyl (C=O) groups excluding carboxylic acids is 1. The molecule has 3 aromatic rings. The highest BCUT2D eigenvalue weighted by Crippen LogP contribution is 2.48. The lowest BCUT2D eigenvalue weighted by Gasteiger charge is -2.23. The normalized spacial score (nSPS) is 14.5. The van der Waals surface area contributed by atoms with Crippen LogP contribution in [0, 0.1) is 0 Å². The number of aliphatic hydroxyl groups is 1. The monoisotopic (exact) mass is 486 g/mol. The number of hydrogen-bond acceptors (Lipinski definition) is 5. The first kappa shape index (κ1) is 25.2. The Morgan fingerprint density at radius 2 is 1.88 bits per heavy atom. The van der Waals surface area contributed by atoms with Crippen molar-refractivity contribution in [1.29, 1.82) is 0 Å². The third kappa shape index (κ3) is 7.02. The number of anilines is 2. The second-order valence-electron chi connectivity index (χ2n) is 9.03. The number of carbonyl (C=O) groups is 1. The molecule has 0 saturated carbocycles. The van der Waals surface area contributed by atoms with Gasteiger partial charge in [0.25, 0.3) is 5.91 Å². The third-order valence-electron chi connectivity index (χ3n) is 5.59. The number of rotatable bonds is 9. The Balaban J connectivity index is 1.65. The van der Waals surface area contributed by atoms with Gasteiger partial charge in [-0.15, -0.1) is 11.3 Å². The zero-order valence-corrected chi connectivity index (χ0v) is 20.8. The summed E-state index contributed by atoms with van der Waals surface area (Å²) in [6, 6.07) is 16.6. The van der Waals surface area contributed by atoms with E-state index in [1.165, 1.54) is 0 Å². The Hall–Kier alpha value is -2.44. The number of nitrogen functional groups attached to an aromatic ring is 1. The summed E-state index contributed by atoms with van der Waals surface area (Å²) in [5.74, 6) is -0.275. The fourth-order valence-corrected chi connectivity index (χ4v) is 5.91. The highest BCUT2D eigenvalue weighted by atomic mass is 32.1. The number of benzene rings is 2. The summed E-state index contributed by atoms with van der Waals surface area (Å²) in [4.78, 5) is 24.3. The Labute approximate surface area is 198 Å². The van der Waals surface area contributed by atoms with E-state index in [-0.39, 0.29) is 18.5 Å². The average Bonchev–Trinajstić information content (AvgIpc) is 3.29. The molecule has 2 aromatic carbocycles. The summed E-state index contributed by atoms with van der Waals surface area (Å²) < 4.78 is 12.7. The minimum Gasteiger partial charge on any atom is -0.397 e. The van der Waals surface area contributed by atoms with Crippen molar-refractivity contribution < 1.29 is 19.4 Å². The second kappa shape index (κ2) is 10.2. The van der Waals surface area contributed by atoms with Crippen molar-refractivity contribution in [2.75, 3.05) is 17.2 Å². The Morgan fingerprint density at radius 3 is 2.48 bits per heavy atom. The van der Waals surface area contributed by atoms with E-state index in [1.807, 2.05) is 29.6 Å². The summed E-state index contributed by atoms with van der Waals surface area (Å²) in [6.45, 7) is 5.01. The molecule has 0 aliphatic rings. The van der Waals surface area contributed by atoms with Crippen LogP contribution in [0.4, 0.5) is 11.4 Å². The molecular weight excluding hydrogens is 455 g/mol. The molecule has 0 saturated heterocycles. The summed E-state index contributed by atoms with van der Waals surface area (Å²) >= 11 is 1.61. The molecule has 33 heavy (non-hydrogen) atoms. The highest BCUT2D eigenvalue weighted by molar-refractivity contribution is 7.58. The molecule has 2 unspecified atom stereocenters. The fraction of sp³-hybridized carbons (Fsp3) is 0.320. The molecule has 8 heteroatoms. The van der Waals surface area contributed by atoms with E-state index < -0.39 is 18.6 Å². The lowest BCUT2D eigenvalue weighted by molar-refractivity contribution is 0.0765. The lowest BCUT2D eigenvalue weighted by atomic mass is 10.1. The molecule has 1 heterocycles. The molecular formula is C25H31N2O4PS. The second-order valence-corrected chi connectivity index (χ2v) is 12.8. The number of amides is 1. The smallest absolute Gasteiger partial charge is 0.255 e. The van der Waals surface area contributed by atoms with Crippen LogP contribution < -0.4 is 11.1 Å². The van der Waals surface area contributed by atoms with E-state index in [1.54, 1.807) is 62.4 Å². The Morgan fingerprint density at radius 1 is 1.18 bits per heavy atom. The predicted octanol–water partition coefficient (Wildman–Crippen LogP) is 5.61. The zero-order chi connectivity index (χ0) is 24.2. The minimum atomic E-state index is -3.41. The van der Waals surface area contributed by atoms with Gasteiger partial charge in [0.05, 0.1) is 17.0 Å². The average molecular weight is 487 g/mol. The van der Waals surface area contributed by atoms with Crippen molar-refractivity contribution >= 4 is 36.0 Å². The van der Waals surface area contributed by atoms with Crippen LogP contribution in [0.15, 0.2) is 60.0 Å². The zero-order valence-electron chi connectivity index (χ0n) is 19.1. The van der Waals surface area contributed by atoms with Crippen molar-refractivity contribution in [2.24, 2.45) is 0 Å². The van der Waals surface area contributed by atoms with Crippen molar-refractivity contribution in [3.8, 4) is 10.4 Å². The third-order valence-corrected chi connectivity index (χ3v) is 8.93. The number of nitrogens with one attached hydrogen (secondary N) is 1. The molecule has 0 fully saturated rings. The van der Waals surface area contributed by atoms with Crippen LogP contribution in [0.5, 0.6) is 0 Å². The molecule has 0 radical (unpaired) electrons. The van der Waals surface area contributed by atoms with Gasteiger partial charge in [-0.05, 0) is 73.5 Å². The molecule has 0 spiro atoms. The number of thiophene rings is 1. The van der Waals surface area contributed by atoms with Crippen LogP contribution in [-0.4, -0.2) is 33.3 Å². The molecule has 0 bridgehead atoms. The minimum absolute atomic E-state index is 0.0735. The maximum atomic E-state index is 12.8. The van der Waals surface area contributed by atoms with Gasteiger partial charge in [-0.2, -0.15) is 0 Å². The van der Waals surface area contributed by atoms with Crippen LogP contribution >= 0.6 is 18.7 Å². The van der Waals surface area contributed by atoms with Gasteiger partial charge in [0.15, 0.2) is 0 Å². The number of hydrogen-bond donors (Lipinski definition) is 4. The topological polar surface area (TPSA) is 113 Å². The van der Waals surface area contributed by atoms with E-state index >= 15 is 0 Å². The van der Waals surface area contributed by atoms with E-state index in [2.05, 4.69) is 5.32 Å². The SMILES string of the molecule is CC(Cc1ccc(C(=O)Nc2cc(-c3cccs3)ccc2N)cc1)P(=O)(O)CCC(C)(C)O. The predicted molar refractivity (Wildman–Crippen MR) is 137 cm³/mol. The van der Waals surface area contributed by atoms with Crippen LogP contribution in [0.25, 0.3) is 10.4 Å². The van der Waals surface area contributed by atoms with Crippen LogP contribution in [0.1, 0.15) is 43.1 Å². The molecule has 0 aliphatic heterocycles. The fourth-order valence-electron chi connectivity index (χ4n) is 3.39. The lowest BCUT2D eigenvalue weighted by Crippen LogP contribution is -2.22. The van der Waals surface area contributed by atoms with Gasteiger partial charge < -0.3 is 21.1 Å². The van der Waals surface area contributed by atoms with Gasteiger partial charge in [0.1, 0.15) is 0 Å². The Bertz CT molecular complexity index is 1140.